The van der Waals surface area contributed by atoms with Gasteiger partial charge in [0, 0.05) is 49.1 Å². The average Bonchev–Trinajstić information content (AvgIpc) is 2.81. The Hall–Kier alpha value is -2.97. The van der Waals surface area contributed by atoms with Crippen LogP contribution in [0.1, 0.15) is 15.9 Å². The fourth-order valence-corrected chi connectivity index (χ4v) is 4.01. The van der Waals surface area contributed by atoms with Crippen LogP contribution in [0.25, 0.3) is 0 Å². The van der Waals surface area contributed by atoms with Crippen molar-refractivity contribution in [2.24, 2.45) is 0 Å². The van der Waals surface area contributed by atoms with Gasteiger partial charge < -0.3 is 15.0 Å². The zero-order valence-corrected chi connectivity index (χ0v) is 19.3. The molecule has 0 bridgehead atoms. The second-order valence-electron chi connectivity index (χ2n) is 7.57. The number of aromatic nitrogens is 1. The molecule has 1 aliphatic rings. The van der Waals surface area contributed by atoms with Crippen LogP contribution >= 0.6 is 15.9 Å². The van der Waals surface area contributed by atoms with E-state index in [9.17, 15) is 9.18 Å². The number of piperazine rings is 1. The Morgan fingerprint density at radius 3 is 2.56 bits per heavy atom. The number of anilines is 2. The van der Waals surface area contributed by atoms with Crippen molar-refractivity contribution in [3.8, 4) is 5.75 Å². The first-order valence-electron chi connectivity index (χ1n) is 10.3. The summed E-state index contributed by atoms with van der Waals surface area (Å²) in [5.41, 5.74) is 2.18. The standard InChI is InChI=1S/C24H24BrFN4O2/c1-32-22-9-4-17(15-21(22)26)16-29-11-13-30(14-12-29)23-20(3-2-10-27-23)24(31)28-19-7-5-18(25)6-8-19/h2-10,15H,11-14,16H2,1H3,(H,28,31). The first-order valence-corrected chi connectivity index (χ1v) is 11.1. The first kappa shape index (κ1) is 22.2. The zero-order valence-electron chi connectivity index (χ0n) is 17.7. The van der Waals surface area contributed by atoms with Crippen molar-refractivity contribution < 1.29 is 13.9 Å². The van der Waals surface area contributed by atoms with Gasteiger partial charge in [-0.15, -0.1) is 0 Å². The number of halogens is 2. The lowest BCUT2D eigenvalue weighted by Gasteiger charge is -2.36. The molecule has 0 atom stereocenters. The van der Waals surface area contributed by atoms with Gasteiger partial charge in [0.1, 0.15) is 5.82 Å². The van der Waals surface area contributed by atoms with Crippen LogP contribution in [0.15, 0.2) is 65.3 Å². The van der Waals surface area contributed by atoms with Crippen LogP contribution in [0.2, 0.25) is 0 Å². The number of amides is 1. The molecule has 1 saturated heterocycles. The van der Waals surface area contributed by atoms with E-state index < -0.39 is 0 Å². The molecule has 2 aromatic carbocycles. The highest BCUT2D eigenvalue weighted by Gasteiger charge is 2.23. The van der Waals surface area contributed by atoms with Crippen molar-refractivity contribution in [3.05, 3.63) is 82.2 Å². The molecule has 0 spiro atoms. The van der Waals surface area contributed by atoms with Crippen LogP contribution in [-0.4, -0.2) is 49.1 Å². The average molecular weight is 499 g/mol. The van der Waals surface area contributed by atoms with Gasteiger partial charge in [0.2, 0.25) is 0 Å². The van der Waals surface area contributed by atoms with Gasteiger partial charge in [-0.05, 0) is 54.1 Å². The third-order valence-electron chi connectivity index (χ3n) is 5.43. The fraction of sp³-hybridized carbons (Fsp3) is 0.250. The van der Waals surface area contributed by atoms with Gasteiger partial charge in [-0.1, -0.05) is 22.0 Å². The van der Waals surface area contributed by atoms with E-state index in [1.165, 1.54) is 13.2 Å². The van der Waals surface area contributed by atoms with Crippen LogP contribution in [0, 0.1) is 5.82 Å². The second kappa shape index (κ2) is 10.1. The molecule has 0 radical (unpaired) electrons. The Bertz CT molecular complexity index is 1090. The lowest BCUT2D eigenvalue weighted by atomic mass is 10.1. The maximum atomic E-state index is 14.0. The number of methoxy groups -OCH3 is 1. The second-order valence-corrected chi connectivity index (χ2v) is 8.48. The molecule has 6 nitrogen and oxygen atoms in total. The van der Waals surface area contributed by atoms with Crippen molar-refractivity contribution in [3.63, 3.8) is 0 Å². The van der Waals surface area contributed by atoms with E-state index >= 15 is 0 Å². The Morgan fingerprint density at radius 1 is 1.12 bits per heavy atom. The smallest absolute Gasteiger partial charge is 0.259 e. The predicted molar refractivity (Wildman–Crippen MR) is 127 cm³/mol. The van der Waals surface area contributed by atoms with Crippen LogP contribution in [0.4, 0.5) is 15.9 Å². The minimum Gasteiger partial charge on any atom is -0.494 e. The van der Waals surface area contributed by atoms with Crippen LogP contribution in [0.3, 0.4) is 0 Å². The topological polar surface area (TPSA) is 57.7 Å². The monoisotopic (exact) mass is 498 g/mol. The number of carbonyl (C=O) groups excluding carboxylic acids is 1. The summed E-state index contributed by atoms with van der Waals surface area (Å²) in [7, 11) is 1.46. The number of nitrogens with one attached hydrogen (secondary N) is 1. The van der Waals surface area contributed by atoms with Gasteiger partial charge in [-0.3, -0.25) is 9.69 Å². The zero-order chi connectivity index (χ0) is 22.5. The molecule has 0 saturated carbocycles. The number of rotatable bonds is 6. The minimum atomic E-state index is -0.349. The minimum absolute atomic E-state index is 0.188. The normalized spacial score (nSPS) is 14.3. The van der Waals surface area contributed by atoms with Crippen LogP contribution in [0.5, 0.6) is 5.75 Å². The largest absolute Gasteiger partial charge is 0.494 e. The number of ether oxygens (including phenoxy) is 1. The Kier molecular flexibility index (Phi) is 7.02. The third kappa shape index (κ3) is 5.26. The van der Waals surface area contributed by atoms with Gasteiger partial charge >= 0.3 is 0 Å². The Labute approximate surface area is 195 Å². The Morgan fingerprint density at radius 2 is 1.88 bits per heavy atom. The van der Waals surface area contributed by atoms with E-state index in [4.69, 9.17) is 4.74 Å². The molecule has 0 unspecified atom stereocenters. The fourth-order valence-electron chi connectivity index (χ4n) is 3.74. The molecule has 1 fully saturated rings. The third-order valence-corrected chi connectivity index (χ3v) is 5.96. The summed E-state index contributed by atoms with van der Waals surface area (Å²) in [5, 5.41) is 2.94. The molecule has 32 heavy (non-hydrogen) atoms. The highest BCUT2D eigenvalue weighted by Crippen LogP contribution is 2.23. The summed E-state index contributed by atoms with van der Waals surface area (Å²) in [6.45, 7) is 3.70. The number of hydrogen-bond acceptors (Lipinski definition) is 5. The molecule has 1 amide bonds. The highest BCUT2D eigenvalue weighted by atomic mass is 79.9. The van der Waals surface area contributed by atoms with Crippen molar-refractivity contribution in [1.82, 2.24) is 9.88 Å². The lowest BCUT2D eigenvalue weighted by Crippen LogP contribution is -2.46. The summed E-state index contributed by atoms with van der Waals surface area (Å²) in [4.78, 5) is 21.8. The quantitative estimate of drug-likeness (QED) is 0.539. The van der Waals surface area contributed by atoms with E-state index in [1.54, 1.807) is 24.4 Å². The van der Waals surface area contributed by atoms with Crippen molar-refractivity contribution in [2.45, 2.75) is 6.54 Å². The maximum Gasteiger partial charge on any atom is 0.259 e. The van der Waals surface area contributed by atoms with Gasteiger partial charge in [0.25, 0.3) is 5.91 Å². The van der Waals surface area contributed by atoms with E-state index in [0.29, 0.717) is 17.9 Å². The molecule has 1 N–H and O–H groups in total. The van der Waals surface area contributed by atoms with E-state index in [-0.39, 0.29) is 17.5 Å². The van der Waals surface area contributed by atoms with Crippen molar-refractivity contribution >= 4 is 33.3 Å². The molecule has 0 aliphatic carbocycles. The first-order chi connectivity index (χ1) is 15.5. The molecule has 8 heteroatoms. The van der Waals surface area contributed by atoms with Crippen molar-refractivity contribution in [1.29, 1.82) is 0 Å². The molecular weight excluding hydrogens is 475 g/mol. The maximum absolute atomic E-state index is 14.0. The van der Waals surface area contributed by atoms with E-state index in [0.717, 1.165) is 41.9 Å². The number of benzene rings is 2. The summed E-state index contributed by atoms with van der Waals surface area (Å²) >= 11 is 3.40. The number of nitrogens with zero attached hydrogens (tertiary/aromatic N) is 3. The summed E-state index contributed by atoms with van der Waals surface area (Å²) in [6, 6.07) is 16.1. The highest BCUT2D eigenvalue weighted by molar-refractivity contribution is 9.10. The molecule has 1 aromatic heterocycles. The number of hydrogen-bond donors (Lipinski definition) is 1. The lowest BCUT2D eigenvalue weighted by molar-refractivity contribution is 0.102. The van der Waals surface area contributed by atoms with Gasteiger partial charge in [-0.2, -0.15) is 0 Å². The summed E-state index contributed by atoms with van der Waals surface area (Å²) in [5.74, 6) is 0.394. The molecule has 2 heterocycles. The van der Waals surface area contributed by atoms with Crippen LogP contribution < -0.4 is 15.0 Å². The SMILES string of the molecule is COc1ccc(CN2CCN(c3ncccc3C(=O)Nc3ccc(Br)cc3)CC2)cc1F. The molecule has 4 rings (SSSR count). The Balaban J connectivity index is 1.40. The summed E-state index contributed by atoms with van der Waals surface area (Å²) < 4.78 is 19.9. The number of carbonyl (C=O) groups is 1. The van der Waals surface area contributed by atoms with Crippen LogP contribution in [-0.2, 0) is 6.54 Å². The van der Waals surface area contributed by atoms with Gasteiger partial charge in [-0.25, -0.2) is 9.37 Å². The van der Waals surface area contributed by atoms with E-state index in [2.05, 4.69) is 36.0 Å². The summed E-state index contributed by atoms with van der Waals surface area (Å²) in [6.07, 6.45) is 1.71. The number of pyridine rings is 1. The van der Waals surface area contributed by atoms with E-state index in [1.807, 2.05) is 30.3 Å². The van der Waals surface area contributed by atoms with Gasteiger partial charge in [0.05, 0.1) is 12.7 Å². The predicted octanol–water partition coefficient (Wildman–Crippen LogP) is 4.57. The molecular formula is C24H24BrFN4O2. The van der Waals surface area contributed by atoms with Gasteiger partial charge in [0.15, 0.2) is 11.6 Å². The molecule has 1 aliphatic heterocycles. The molecule has 3 aromatic rings. The molecule has 166 valence electrons. The van der Waals surface area contributed by atoms with Crippen molar-refractivity contribution in [2.75, 3.05) is 43.5 Å².